The minimum Gasteiger partial charge on any atom is -0.495 e. The SMILES string of the molecule is CCCNC(=O)C(C)N(Cc1ccccc1)C(=O)CN(c1cc(Cl)ccc1OC)S(=O)(=O)c1ccc(C)cc1. The number of hydrogen-bond acceptors (Lipinski definition) is 5. The van der Waals surface area contributed by atoms with Crippen molar-refractivity contribution >= 4 is 39.1 Å². The molecule has 0 aromatic heterocycles. The third-order valence-electron chi connectivity index (χ3n) is 6.21. The highest BCUT2D eigenvalue weighted by atomic mass is 35.5. The van der Waals surface area contributed by atoms with Gasteiger partial charge < -0.3 is 15.0 Å². The van der Waals surface area contributed by atoms with E-state index in [1.165, 1.54) is 30.2 Å². The van der Waals surface area contributed by atoms with Gasteiger partial charge in [-0.1, -0.05) is 66.6 Å². The van der Waals surface area contributed by atoms with Gasteiger partial charge in [0.05, 0.1) is 17.7 Å². The lowest BCUT2D eigenvalue weighted by molar-refractivity contribution is -0.139. The van der Waals surface area contributed by atoms with Crippen LogP contribution in [0.2, 0.25) is 5.02 Å². The Kier molecular flexibility index (Phi) is 10.4. The summed E-state index contributed by atoms with van der Waals surface area (Å²) in [6.45, 7) is 5.42. The van der Waals surface area contributed by atoms with Gasteiger partial charge in [-0.3, -0.25) is 13.9 Å². The van der Waals surface area contributed by atoms with E-state index in [-0.39, 0.29) is 33.8 Å². The third kappa shape index (κ3) is 7.52. The third-order valence-corrected chi connectivity index (χ3v) is 8.22. The number of ether oxygens (including phenoxy) is 1. The van der Waals surface area contributed by atoms with E-state index in [0.717, 1.165) is 21.9 Å². The summed E-state index contributed by atoms with van der Waals surface area (Å²) in [6, 6.07) is 19.3. The summed E-state index contributed by atoms with van der Waals surface area (Å²) in [7, 11) is -2.83. The molecule has 3 aromatic rings. The first-order chi connectivity index (χ1) is 18.6. The fourth-order valence-electron chi connectivity index (χ4n) is 3.97. The number of carbonyl (C=O) groups is 2. The molecule has 1 atom stereocenters. The molecular formula is C29H34ClN3O5S. The minimum atomic E-state index is -4.24. The number of nitrogens with one attached hydrogen (secondary N) is 1. The van der Waals surface area contributed by atoms with Crippen molar-refractivity contribution in [1.29, 1.82) is 0 Å². The normalized spacial score (nSPS) is 11.9. The lowest BCUT2D eigenvalue weighted by Gasteiger charge is -2.32. The topological polar surface area (TPSA) is 96.0 Å². The minimum absolute atomic E-state index is 0.00581. The Morgan fingerprint density at radius 2 is 1.69 bits per heavy atom. The molecule has 208 valence electrons. The molecule has 0 saturated heterocycles. The van der Waals surface area contributed by atoms with Crippen molar-refractivity contribution in [3.8, 4) is 5.75 Å². The summed E-state index contributed by atoms with van der Waals surface area (Å²) >= 11 is 6.26. The molecule has 0 fully saturated rings. The molecular weight excluding hydrogens is 538 g/mol. The maximum absolute atomic E-state index is 14.0. The number of methoxy groups -OCH3 is 1. The summed E-state index contributed by atoms with van der Waals surface area (Å²) < 4.78 is 34.4. The predicted molar refractivity (Wildman–Crippen MR) is 153 cm³/mol. The molecule has 0 aliphatic heterocycles. The number of rotatable bonds is 12. The molecule has 3 aromatic carbocycles. The second kappa shape index (κ2) is 13.5. The number of nitrogens with zero attached hydrogens (tertiary/aromatic N) is 2. The van der Waals surface area contributed by atoms with Gasteiger partial charge in [-0.15, -0.1) is 0 Å². The van der Waals surface area contributed by atoms with Crippen molar-refractivity contribution in [2.75, 3.05) is 24.5 Å². The number of hydrogen-bond donors (Lipinski definition) is 1. The van der Waals surface area contributed by atoms with E-state index in [9.17, 15) is 18.0 Å². The zero-order valence-corrected chi connectivity index (χ0v) is 24.1. The van der Waals surface area contributed by atoms with E-state index in [1.54, 1.807) is 31.2 Å². The first-order valence-electron chi connectivity index (χ1n) is 12.6. The van der Waals surface area contributed by atoms with Crippen LogP contribution in [0, 0.1) is 6.92 Å². The molecule has 2 amide bonds. The summed E-state index contributed by atoms with van der Waals surface area (Å²) in [5, 5.41) is 3.10. The van der Waals surface area contributed by atoms with Crippen molar-refractivity contribution in [3.05, 3.63) is 88.9 Å². The second-order valence-corrected chi connectivity index (χ2v) is 11.4. The van der Waals surface area contributed by atoms with Crippen molar-refractivity contribution in [2.45, 2.75) is 44.7 Å². The first kappa shape index (κ1) is 30.0. The molecule has 0 bridgehead atoms. The molecule has 0 aliphatic carbocycles. The van der Waals surface area contributed by atoms with E-state index >= 15 is 0 Å². The van der Waals surface area contributed by atoms with Crippen molar-refractivity contribution in [3.63, 3.8) is 0 Å². The van der Waals surface area contributed by atoms with E-state index in [0.29, 0.717) is 6.54 Å². The smallest absolute Gasteiger partial charge is 0.264 e. The van der Waals surface area contributed by atoms with Crippen LogP contribution in [0.5, 0.6) is 5.75 Å². The van der Waals surface area contributed by atoms with Crippen molar-refractivity contribution in [2.24, 2.45) is 0 Å². The van der Waals surface area contributed by atoms with Crippen LogP contribution < -0.4 is 14.4 Å². The van der Waals surface area contributed by atoms with E-state index in [2.05, 4.69) is 5.32 Å². The van der Waals surface area contributed by atoms with Crippen LogP contribution >= 0.6 is 11.6 Å². The summed E-state index contributed by atoms with van der Waals surface area (Å²) in [6.07, 6.45) is 0.738. The lowest BCUT2D eigenvalue weighted by Crippen LogP contribution is -2.51. The zero-order chi connectivity index (χ0) is 28.6. The van der Waals surface area contributed by atoms with Crippen LogP contribution in [0.25, 0.3) is 0 Å². The zero-order valence-electron chi connectivity index (χ0n) is 22.6. The summed E-state index contributed by atoms with van der Waals surface area (Å²) in [4.78, 5) is 28.2. The number of benzene rings is 3. The first-order valence-corrected chi connectivity index (χ1v) is 14.4. The highest BCUT2D eigenvalue weighted by Crippen LogP contribution is 2.35. The van der Waals surface area contributed by atoms with Gasteiger partial charge in [-0.25, -0.2) is 8.42 Å². The molecule has 10 heteroatoms. The van der Waals surface area contributed by atoms with Gasteiger partial charge >= 0.3 is 0 Å². The van der Waals surface area contributed by atoms with E-state index < -0.39 is 28.5 Å². The van der Waals surface area contributed by atoms with Crippen LogP contribution in [0.4, 0.5) is 5.69 Å². The number of amides is 2. The molecule has 0 saturated carbocycles. The van der Waals surface area contributed by atoms with Gasteiger partial charge in [0.2, 0.25) is 11.8 Å². The fraction of sp³-hybridized carbons (Fsp3) is 0.310. The summed E-state index contributed by atoms with van der Waals surface area (Å²) in [5.74, 6) is -0.656. The molecule has 0 spiro atoms. The highest BCUT2D eigenvalue weighted by Gasteiger charge is 2.34. The predicted octanol–water partition coefficient (Wildman–Crippen LogP) is 4.80. The molecule has 1 unspecified atom stereocenters. The molecule has 0 radical (unpaired) electrons. The fourth-order valence-corrected chi connectivity index (χ4v) is 5.55. The monoisotopic (exact) mass is 571 g/mol. The van der Waals surface area contributed by atoms with Gasteiger partial charge in [-0.2, -0.15) is 0 Å². The van der Waals surface area contributed by atoms with Gasteiger partial charge in [0, 0.05) is 18.1 Å². The second-order valence-electron chi connectivity index (χ2n) is 9.12. The van der Waals surface area contributed by atoms with E-state index in [4.69, 9.17) is 16.3 Å². The Balaban J connectivity index is 2.08. The van der Waals surface area contributed by atoms with Crippen LogP contribution in [0.15, 0.2) is 77.7 Å². The van der Waals surface area contributed by atoms with Gasteiger partial charge in [-0.05, 0) is 56.2 Å². The van der Waals surface area contributed by atoms with Crippen LogP contribution in [-0.4, -0.2) is 51.4 Å². The maximum Gasteiger partial charge on any atom is 0.264 e. The molecule has 0 heterocycles. The van der Waals surface area contributed by atoms with Crippen LogP contribution in [0.3, 0.4) is 0 Å². The number of aryl methyl sites for hydroxylation is 1. The number of halogens is 1. The Bertz CT molecular complexity index is 1380. The van der Waals surface area contributed by atoms with Gasteiger partial charge in [0.15, 0.2) is 0 Å². The van der Waals surface area contributed by atoms with E-state index in [1.807, 2.05) is 44.2 Å². The Labute approximate surface area is 235 Å². The average molecular weight is 572 g/mol. The van der Waals surface area contributed by atoms with Crippen molar-refractivity contribution in [1.82, 2.24) is 10.2 Å². The van der Waals surface area contributed by atoms with Gasteiger partial charge in [0.1, 0.15) is 18.3 Å². The maximum atomic E-state index is 14.0. The Morgan fingerprint density at radius 1 is 1.03 bits per heavy atom. The standard InChI is InChI=1S/C29H34ClN3O5S/c1-5-17-31-29(35)22(3)32(19-23-9-7-6-8-10-23)28(34)20-33(26-18-24(30)13-16-27(26)38-4)39(36,37)25-14-11-21(2)12-15-25/h6-16,18,22H,5,17,19-20H2,1-4H3,(H,31,35). The number of carbonyl (C=O) groups excluding carboxylic acids is 2. The quantitative estimate of drug-likeness (QED) is 0.337. The molecule has 3 rings (SSSR count). The molecule has 39 heavy (non-hydrogen) atoms. The highest BCUT2D eigenvalue weighted by molar-refractivity contribution is 7.92. The van der Waals surface area contributed by atoms with Crippen LogP contribution in [0.1, 0.15) is 31.4 Å². The van der Waals surface area contributed by atoms with Gasteiger partial charge in [0.25, 0.3) is 10.0 Å². The molecule has 8 nitrogen and oxygen atoms in total. The van der Waals surface area contributed by atoms with Crippen LogP contribution in [-0.2, 0) is 26.2 Å². The Morgan fingerprint density at radius 3 is 2.31 bits per heavy atom. The Hall–Kier alpha value is -3.56. The lowest BCUT2D eigenvalue weighted by atomic mass is 10.1. The molecule has 1 N–H and O–H groups in total. The average Bonchev–Trinajstić information content (AvgIpc) is 2.93. The largest absolute Gasteiger partial charge is 0.495 e. The number of sulfonamides is 1. The number of anilines is 1. The van der Waals surface area contributed by atoms with Crippen molar-refractivity contribution < 1.29 is 22.7 Å². The summed E-state index contributed by atoms with van der Waals surface area (Å²) in [5.41, 5.74) is 1.80. The molecule has 0 aliphatic rings.